The van der Waals surface area contributed by atoms with Crippen LogP contribution in [0.5, 0.6) is 0 Å². The summed E-state index contributed by atoms with van der Waals surface area (Å²) in [6.07, 6.45) is 4.24. The molecule has 0 N–H and O–H groups in total. The molecule has 1 fully saturated rings. The monoisotopic (exact) mass is 228 g/mol. The van der Waals surface area contributed by atoms with Crippen molar-refractivity contribution in [1.29, 1.82) is 0 Å². The van der Waals surface area contributed by atoms with Crippen molar-refractivity contribution in [2.75, 3.05) is 5.75 Å². The van der Waals surface area contributed by atoms with E-state index in [4.69, 9.17) is 0 Å². The zero-order valence-corrected chi connectivity index (χ0v) is 12.2. The van der Waals surface area contributed by atoms with Gasteiger partial charge >= 0.3 is 0 Å². The summed E-state index contributed by atoms with van der Waals surface area (Å²) in [4.78, 5) is 0. The molecule has 90 valence electrons. The predicted molar refractivity (Wildman–Crippen MR) is 72.5 cm³/mol. The Morgan fingerprint density at radius 2 is 1.47 bits per heavy atom. The van der Waals surface area contributed by atoms with Gasteiger partial charge in [-0.15, -0.1) is 0 Å². The first kappa shape index (κ1) is 13.4. The molecule has 1 aliphatic rings. The maximum atomic E-state index is 2.38. The molecule has 0 aromatic rings. The average Bonchev–Trinajstić information content (AvgIpc) is 2.29. The molecule has 1 heterocycles. The minimum atomic E-state index is 0.498. The summed E-state index contributed by atoms with van der Waals surface area (Å²) >= 11 is 2.22. The molecular formula is C14H28S. The van der Waals surface area contributed by atoms with Gasteiger partial charge in [0.1, 0.15) is 0 Å². The lowest BCUT2D eigenvalue weighted by Crippen LogP contribution is -2.23. The van der Waals surface area contributed by atoms with Crippen LogP contribution in [0.3, 0.4) is 0 Å². The predicted octanol–water partition coefficient (Wildman–Crippen LogP) is 4.98. The zero-order valence-electron chi connectivity index (χ0n) is 11.4. The van der Waals surface area contributed by atoms with Crippen LogP contribution in [-0.4, -0.2) is 11.0 Å². The van der Waals surface area contributed by atoms with Crippen molar-refractivity contribution in [2.45, 2.75) is 66.1 Å². The van der Waals surface area contributed by atoms with E-state index in [9.17, 15) is 0 Å². The van der Waals surface area contributed by atoms with E-state index in [0.717, 1.165) is 11.2 Å². The number of hydrogen-bond donors (Lipinski definition) is 0. The third-order valence-electron chi connectivity index (χ3n) is 3.03. The van der Waals surface area contributed by atoms with Crippen LogP contribution < -0.4 is 0 Å². The second-order valence-electron chi connectivity index (χ2n) is 7.49. The Labute approximate surface area is 101 Å². The lowest BCUT2D eigenvalue weighted by molar-refractivity contribution is 0.258. The summed E-state index contributed by atoms with van der Waals surface area (Å²) in [6, 6.07) is 0. The van der Waals surface area contributed by atoms with Gasteiger partial charge in [-0.25, -0.2) is 0 Å². The molecule has 0 radical (unpaired) electrons. The maximum Gasteiger partial charge on any atom is 0.00807 e. The van der Waals surface area contributed by atoms with Gasteiger partial charge in [0.25, 0.3) is 0 Å². The quantitative estimate of drug-likeness (QED) is 0.642. The van der Waals surface area contributed by atoms with Crippen molar-refractivity contribution in [3.63, 3.8) is 0 Å². The number of rotatable bonds is 2. The topological polar surface area (TPSA) is 0 Å². The SMILES string of the molecule is CC(C)(C)C[C@H]1CCS[C@@H]1CC(C)(C)C. The van der Waals surface area contributed by atoms with Gasteiger partial charge in [-0.1, -0.05) is 41.5 Å². The molecule has 0 aromatic heterocycles. The molecular weight excluding hydrogens is 200 g/mol. The summed E-state index contributed by atoms with van der Waals surface area (Å²) in [5.41, 5.74) is 1.00. The fourth-order valence-corrected chi connectivity index (χ4v) is 4.41. The highest BCUT2D eigenvalue weighted by Crippen LogP contribution is 2.44. The first-order valence-electron chi connectivity index (χ1n) is 6.29. The van der Waals surface area contributed by atoms with Crippen LogP contribution >= 0.6 is 11.8 Å². The smallest absolute Gasteiger partial charge is 0.00807 e. The van der Waals surface area contributed by atoms with Crippen LogP contribution in [0, 0.1) is 16.7 Å². The summed E-state index contributed by atoms with van der Waals surface area (Å²) < 4.78 is 0. The Morgan fingerprint density at radius 3 is 1.93 bits per heavy atom. The van der Waals surface area contributed by atoms with Gasteiger partial charge < -0.3 is 0 Å². The Hall–Kier alpha value is 0.350. The van der Waals surface area contributed by atoms with Crippen molar-refractivity contribution in [1.82, 2.24) is 0 Å². The van der Waals surface area contributed by atoms with Crippen molar-refractivity contribution in [3.8, 4) is 0 Å². The fraction of sp³-hybridized carbons (Fsp3) is 1.00. The van der Waals surface area contributed by atoms with Gasteiger partial charge in [-0.05, 0) is 41.8 Å². The minimum absolute atomic E-state index is 0.498. The molecule has 1 saturated heterocycles. The van der Waals surface area contributed by atoms with Gasteiger partial charge in [0.15, 0.2) is 0 Å². The van der Waals surface area contributed by atoms with Gasteiger partial charge in [-0.2, -0.15) is 11.8 Å². The summed E-state index contributed by atoms with van der Waals surface area (Å²) in [6.45, 7) is 14.3. The highest BCUT2D eigenvalue weighted by Gasteiger charge is 2.33. The maximum absolute atomic E-state index is 2.38. The molecule has 1 aliphatic heterocycles. The van der Waals surface area contributed by atoms with Gasteiger partial charge in [0, 0.05) is 5.25 Å². The van der Waals surface area contributed by atoms with Crippen molar-refractivity contribution < 1.29 is 0 Å². The van der Waals surface area contributed by atoms with Crippen molar-refractivity contribution in [2.24, 2.45) is 16.7 Å². The molecule has 2 atom stereocenters. The van der Waals surface area contributed by atoms with Gasteiger partial charge in [0.2, 0.25) is 0 Å². The standard InChI is InChI=1S/C14H28S/c1-13(2,3)9-11-7-8-15-12(11)10-14(4,5)6/h11-12H,7-10H2,1-6H3/t11-,12-/m1/s1. The zero-order chi connectivity index (χ0) is 11.7. The molecule has 0 aromatic carbocycles. The van der Waals surface area contributed by atoms with Crippen LogP contribution in [0.25, 0.3) is 0 Å². The van der Waals surface area contributed by atoms with Gasteiger partial charge in [-0.3, -0.25) is 0 Å². The number of thioether (sulfide) groups is 1. The van der Waals surface area contributed by atoms with Crippen LogP contribution in [0.2, 0.25) is 0 Å². The minimum Gasteiger partial charge on any atom is -0.158 e. The second-order valence-corrected chi connectivity index (χ2v) is 8.83. The second kappa shape index (κ2) is 4.69. The Balaban J connectivity index is 2.50. The number of hydrogen-bond acceptors (Lipinski definition) is 1. The van der Waals surface area contributed by atoms with E-state index in [-0.39, 0.29) is 0 Å². The lowest BCUT2D eigenvalue weighted by atomic mass is 9.78. The van der Waals surface area contributed by atoms with Gasteiger partial charge in [0.05, 0.1) is 0 Å². The summed E-state index contributed by atoms with van der Waals surface area (Å²) in [5, 5.41) is 0.921. The largest absolute Gasteiger partial charge is 0.158 e. The summed E-state index contributed by atoms with van der Waals surface area (Å²) in [7, 11) is 0. The normalized spacial score (nSPS) is 28.4. The van der Waals surface area contributed by atoms with Crippen LogP contribution in [0.15, 0.2) is 0 Å². The Bertz CT molecular complexity index is 172. The first-order chi connectivity index (χ1) is 6.67. The lowest BCUT2D eigenvalue weighted by Gasteiger charge is -2.30. The molecule has 0 bridgehead atoms. The van der Waals surface area contributed by atoms with E-state index in [0.29, 0.717) is 10.8 Å². The third kappa shape index (κ3) is 5.29. The molecule has 0 spiro atoms. The van der Waals surface area contributed by atoms with Crippen LogP contribution in [-0.2, 0) is 0 Å². The molecule has 15 heavy (non-hydrogen) atoms. The Morgan fingerprint density at radius 1 is 0.933 bits per heavy atom. The molecule has 0 unspecified atom stereocenters. The molecule has 1 heteroatoms. The molecule has 1 rings (SSSR count). The van der Waals surface area contributed by atoms with E-state index < -0.39 is 0 Å². The molecule has 0 amide bonds. The van der Waals surface area contributed by atoms with E-state index >= 15 is 0 Å². The average molecular weight is 228 g/mol. The van der Waals surface area contributed by atoms with Crippen LogP contribution in [0.4, 0.5) is 0 Å². The molecule has 0 aliphatic carbocycles. The highest BCUT2D eigenvalue weighted by molar-refractivity contribution is 8.00. The highest BCUT2D eigenvalue weighted by atomic mass is 32.2. The van der Waals surface area contributed by atoms with E-state index in [2.05, 4.69) is 53.3 Å². The fourth-order valence-electron chi connectivity index (χ4n) is 2.54. The van der Waals surface area contributed by atoms with E-state index in [1.54, 1.807) is 0 Å². The van der Waals surface area contributed by atoms with Crippen LogP contribution in [0.1, 0.15) is 60.8 Å². The summed E-state index contributed by atoms with van der Waals surface area (Å²) in [5.74, 6) is 2.36. The van der Waals surface area contributed by atoms with Crippen molar-refractivity contribution in [3.05, 3.63) is 0 Å². The first-order valence-corrected chi connectivity index (χ1v) is 7.34. The van der Waals surface area contributed by atoms with Crippen molar-refractivity contribution >= 4 is 11.8 Å². The third-order valence-corrected chi connectivity index (χ3v) is 4.49. The Kier molecular flexibility index (Phi) is 4.20. The molecule has 0 saturated carbocycles. The van der Waals surface area contributed by atoms with E-state index in [1.165, 1.54) is 25.0 Å². The molecule has 0 nitrogen and oxygen atoms in total. The van der Waals surface area contributed by atoms with E-state index in [1.807, 2.05) is 0 Å².